The molecule has 1 aromatic carbocycles. The number of methoxy groups -OCH3 is 1. The average molecular weight is 250 g/mol. The molecule has 0 amide bonds. The first kappa shape index (κ1) is 15.2. The molecule has 0 spiro atoms. The minimum Gasteiger partial charge on any atom is -0.383 e. The monoisotopic (exact) mass is 250 g/mol. The van der Waals surface area contributed by atoms with Crippen LogP contribution in [0.5, 0.6) is 0 Å². The Morgan fingerprint density at radius 3 is 2.44 bits per heavy atom. The Labute approximate surface area is 111 Å². The SMILES string of the molecule is CCN(C(C)COC)C(CCN)c1ccccc1. The Bertz CT molecular complexity index is 316. The first-order valence-corrected chi connectivity index (χ1v) is 6.74. The van der Waals surface area contributed by atoms with Gasteiger partial charge in [0, 0.05) is 19.2 Å². The summed E-state index contributed by atoms with van der Waals surface area (Å²) in [7, 11) is 1.75. The minimum absolute atomic E-state index is 0.381. The van der Waals surface area contributed by atoms with Crippen LogP contribution in [0.3, 0.4) is 0 Å². The summed E-state index contributed by atoms with van der Waals surface area (Å²) < 4.78 is 5.28. The fourth-order valence-corrected chi connectivity index (χ4v) is 2.53. The van der Waals surface area contributed by atoms with Gasteiger partial charge in [0.25, 0.3) is 0 Å². The van der Waals surface area contributed by atoms with E-state index in [2.05, 4.69) is 49.1 Å². The van der Waals surface area contributed by atoms with E-state index in [0.717, 1.165) is 19.6 Å². The van der Waals surface area contributed by atoms with Crippen molar-refractivity contribution in [1.82, 2.24) is 4.90 Å². The third-order valence-electron chi connectivity index (χ3n) is 3.36. The molecule has 3 heteroatoms. The Morgan fingerprint density at radius 2 is 1.94 bits per heavy atom. The second kappa shape index (κ2) is 8.25. The number of hydrogen-bond donors (Lipinski definition) is 1. The van der Waals surface area contributed by atoms with Gasteiger partial charge in [0.05, 0.1) is 6.61 Å². The molecular weight excluding hydrogens is 224 g/mol. The molecule has 2 atom stereocenters. The Hall–Kier alpha value is -0.900. The predicted molar refractivity (Wildman–Crippen MR) is 76.6 cm³/mol. The van der Waals surface area contributed by atoms with Crippen LogP contribution < -0.4 is 5.73 Å². The number of ether oxygens (including phenoxy) is 1. The Kier molecular flexibility index (Phi) is 6.94. The van der Waals surface area contributed by atoms with Gasteiger partial charge in [0.1, 0.15) is 0 Å². The topological polar surface area (TPSA) is 38.5 Å². The van der Waals surface area contributed by atoms with Gasteiger partial charge in [-0.15, -0.1) is 0 Å². The van der Waals surface area contributed by atoms with Crippen LogP contribution in [0.1, 0.15) is 31.9 Å². The van der Waals surface area contributed by atoms with Crippen molar-refractivity contribution in [1.29, 1.82) is 0 Å². The summed E-state index contributed by atoms with van der Waals surface area (Å²) in [5.74, 6) is 0. The molecule has 2 N–H and O–H groups in total. The normalized spacial score (nSPS) is 14.7. The van der Waals surface area contributed by atoms with Crippen LogP contribution in [0.25, 0.3) is 0 Å². The summed E-state index contributed by atoms with van der Waals surface area (Å²) >= 11 is 0. The molecule has 0 heterocycles. The number of benzene rings is 1. The van der Waals surface area contributed by atoms with Crippen molar-refractivity contribution in [2.24, 2.45) is 5.73 Å². The van der Waals surface area contributed by atoms with Gasteiger partial charge in [-0.1, -0.05) is 37.3 Å². The van der Waals surface area contributed by atoms with E-state index in [4.69, 9.17) is 10.5 Å². The summed E-state index contributed by atoms with van der Waals surface area (Å²) in [6.07, 6.45) is 0.978. The van der Waals surface area contributed by atoms with E-state index in [1.165, 1.54) is 5.56 Å². The molecule has 0 saturated heterocycles. The molecular formula is C15H26N2O. The highest BCUT2D eigenvalue weighted by molar-refractivity contribution is 5.19. The fourth-order valence-electron chi connectivity index (χ4n) is 2.53. The van der Waals surface area contributed by atoms with Gasteiger partial charge in [0.2, 0.25) is 0 Å². The van der Waals surface area contributed by atoms with Crippen molar-refractivity contribution < 1.29 is 4.74 Å². The van der Waals surface area contributed by atoms with Crippen LogP contribution in [0, 0.1) is 0 Å². The number of rotatable bonds is 8. The van der Waals surface area contributed by atoms with Gasteiger partial charge in [-0.3, -0.25) is 4.90 Å². The summed E-state index contributed by atoms with van der Waals surface area (Å²) in [6.45, 7) is 6.86. The van der Waals surface area contributed by atoms with Gasteiger partial charge in [-0.25, -0.2) is 0 Å². The zero-order valence-corrected chi connectivity index (χ0v) is 11.8. The van der Waals surface area contributed by atoms with Gasteiger partial charge in [0.15, 0.2) is 0 Å². The number of hydrogen-bond acceptors (Lipinski definition) is 3. The van der Waals surface area contributed by atoms with Crippen molar-refractivity contribution >= 4 is 0 Å². The molecule has 1 aromatic rings. The van der Waals surface area contributed by atoms with E-state index >= 15 is 0 Å². The predicted octanol–water partition coefficient (Wildman–Crippen LogP) is 2.43. The lowest BCUT2D eigenvalue weighted by Crippen LogP contribution is -2.40. The van der Waals surface area contributed by atoms with Crippen LogP contribution in [0.4, 0.5) is 0 Å². The third kappa shape index (κ3) is 4.09. The Morgan fingerprint density at radius 1 is 1.28 bits per heavy atom. The number of nitrogens with two attached hydrogens (primary N) is 1. The third-order valence-corrected chi connectivity index (χ3v) is 3.36. The van der Waals surface area contributed by atoms with Crippen molar-refractivity contribution in [3.05, 3.63) is 35.9 Å². The maximum absolute atomic E-state index is 5.78. The molecule has 1 rings (SSSR count). The minimum atomic E-state index is 0.381. The summed E-state index contributed by atoms with van der Waals surface area (Å²) in [5.41, 5.74) is 7.12. The highest BCUT2D eigenvalue weighted by atomic mass is 16.5. The lowest BCUT2D eigenvalue weighted by Gasteiger charge is -2.35. The van der Waals surface area contributed by atoms with Crippen molar-refractivity contribution in [3.8, 4) is 0 Å². The maximum Gasteiger partial charge on any atom is 0.0615 e. The van der Waals surface area contributed by atoms with E-state index in [1.807, 2.05) is 0 Å². The van der Waals surface area contributed by atoms with Crippen molar-refractivity contribution in [2.75, 3.05) is 26.8 Å². The van der Waals surface area contributed by atoms with Crippen LogP contribution in [-0.4, -0.2) is 37.7 Å². The number of nitrogens with zero attached hydrogens (tertiary/aromatic N) is 1. The highest BCUT2D eigenvalue weighted by Crippen LogP contribution is 2.25. The first-order valence-electron chi connectivity index (χ1n) is 6.74. The summed E-state index contributed by atoms with van der Waals surface area (Å²) in [5, 5.41) is 0. The summed E-state index contributed by atoms with van der Waals surface area (Å²) in [4.78, 5) is 2.46. The lowest BCUT2D eigenvalue weighted by atomic mass is 10.0. The van der Waals surface area contributed by atoms with Crippen molar-refractivity contribution in [3.63, 3.8) is 0 Å². The molecule has 102 valence electrons. The summed E-state index contributed by atoms with van der Waals surface area (Å²) in [6, 6.07) is 11.4. The van der Waals surface area contributed by atoms with Crippen LogP contribution in [-0.2, 0) is 4.74 Å². The molecule has 0 aliphatic rings. The van der Waals surface area contributed by atoms with E-state index in [-0.39, 0.29) is 0 Å². The smallest absolute Gasteiger partial charge is 0.0615 e. The molecule has 0 fully saturated rings. The van der Waals surface area contributed by atoms with Gasteiger partial charge in [-0.05, 0) is 32.0 Å². The van der Waals surface area contributed by atoms with Gasteiger partial charge < -0.3 is 10.5 Å². The lowest BCUT2D eigenvalue weighted by molar-refractivity contribution is 0.0704. The second-order valence-corrected chi connectivity index (χ2v) is 4.64. The molecule has 2 unspecified atom stereocenters. The largest absolute Gasteiger partial charge is 0.383 e. The van der Waals surface area contributed by atoms with Crippen LogP contribution in [0.15, 0.2) is 30.3 Å². The molecule has 18 heavy (non-hydrogen) atoms. The standard InChI is InChI=1S/C15H26N2O/c1-4-17(13(2)12-18-3)15(10-11-16)14-8-6-5-7-9-14/h5-9,13,15H,4,10-12,16H2,1-3H3. The number of likely N-dealkylation sites (N-methyl/N-ethyl adjacent to an activating group) is 1. The van der Waals surface area contributed by atoms with E-state index in [0.29, 0.717) is 18.6 Å². The zero-order valence-electron chi connectivity index (χ0n) is 11.8. The molecule has 3 nitrogen and oxygen atoms in total. The molecule has 0 aromatic heterocycles. The van der Waals surface area contributed by atoms with Crippen LogP contribution >= 0.6 is 0 Å². The Balaban J connectivity index is 2.87. The second-order valence-electron chi connectivity index (χ2n) is 4.64. The van der Waals surface area contributed by atoms with Crippen LogP contribution in [0.2, 0.25) is 0 Å². The molecule has 0 bridgehead atoms. The first-order chi connectivity index (χ1) is 8.74. The average Bonchev–Trinajstić information content (AvgIpc) is 2.40. The molecule has 0 aliphatic carbocycles. The molecule has 0 aliphatic heterocycles. The molecule has 0 saturated carbocycles. The maximum atomic E-state index is 5.78. The zero-order chi connectivity index (χ0) is 13.4. The van der Waals surface area contributed by atoms with E-state index in [9.17, 15) is 0 Å². The van der Waals surface area contributed by atoms with Gasteiger partial charge in [-0.2, -0.15) is 0 Å². The fraction of sp³-hybridized carbons (Fsp3) is 0.600. The highest BCUT2D eigenvalue weighted by Gasteiger charge is 2.22. The van der Waals surface area contributed by atoms with Crippen molar-refractivity contribution in [2.45, 2.75) is 32.4 Å². The van der Waals surface area contributed by atoms with E-state index < -0.39 is 0 Å². The van der Waals surface area contributed by atoms with Gasteiger partial charge >= 0.3 is 0 Å². The molecule has 0 radical (unpaired) electrons. The van der Waals surface area contributed by atoms with E-state index in [1.54, 1.807) is 7.11 Å². The quantitative estimate of drug-likeness (QED) is 0.770.